The van der Waals surface area contributed by atoms with Gasteiger partial charge in [-0.2, -0.15) is 5.10 Å². The van der Waals surface area contributed by atoms with Gasteiger partial charge in [-0.15, -0.1) is 0 Å². The number of hydrazine groups is 1. The summed E-state index contributed by atoms with van der Waals surface area (Å²) in [5.74, 6) is 6.34. The Hall–Kier alpha value is -0.950. The predicted molar refractivity (Wildman–Crippen MR) is 79.5 cm³/mol. The fraction of sp³-hybridized carbons (Fsp3) is 0.800. The van der Waals surface area contributed by atoms with Crippen LogP contribution in [0.4, 0.5) is 0 Å². The van der Waals surface area contributed by atoms with Crippen LogP contribution in [0.5, 0.6) is 0 Å². The first-order valence-electron chi connectivity index (χ1n) is 7.89. The van der Waals surface area contributed by atoms with Crippen LogP contribution in [0.2, 0.25) is 0 Å². The lowest BCUT2D eigenvalue weighted by Gasteiger charge is -2.40. The normalized spacial score (nSPS) is 30.9. The number of hydrogen-bond acceptors (Lipinski definition) is 5. The van der Waals surface area contributed by atoms with Crippen molar-refractivity contribution in [2.75, 3.05) is 19.8 Å². The third-order valence-corrected chi connectivity index (χ3v) is 4.80. The maximum atomic E-state index is 6.03. The van der Waals surface area contributed by atoms with Gasteiger partial charge in [0, 0.05) is 26.2 Å². The summed E-state index contributed by atoms with van der Waals surface area (Å²) in [6.07, 6.45) is 3.01. The third-order valence-electron chi connectivity index (χ3n) is 4.80. The van der Waals surface area contributed by atoms with Gasteiger partial charge in [-0.25, -0.2) is 0 Å². The standard InChI is InChI=1S/C15H26N4O2/c1-3-19-13(8-11(2)18-19)14(17-16)12-4-6-21-15(9-12)5-7-20-10-15/h8,12,14,17H,3-7,9-10,16H2,1-2H3. The molecule has 3 N–H and O–H groups in total. The second kappa shape index (κ2) is 6.04. The highest BCUT2D eigenvalue weighted by Gasteiger charge is 2.43. The zero-order chi connectivity index (χ0) is 14.9. The van der Waals surface area contributed by atoms with Crippen LogP contribution in [0.1, 0.15) is 43.6 Å². The Kier molecular flexibility index (Phi) is 4.31. The first-order valence-corrected chi connectivity index (χ1v) is 7.89. The molecule has 2 aliphatic heterocycles. The van der Waals surface area contributed by atoms with Gasteiger partial charge in [-0.3, -0.25) is 16.0 Å². The average molecular weight is 294 g/mol. The Balaban J connectivity index is 1.82. The van der Waals surface area contributed by atoms with Gasteiger partial charge in [0.05, 0.1) is 29.6 Å². The van der Waals surface area contributed by atoms with Crippen LogP contribution in [0.3, 0.4) is 0 Å². The summed E-state index contributed by atoms with van der Waals surface area (Å²) >= 11 is 0. The highest BCUT2D eigenvalue weighted by Crippen LogP contribution is 2.40. The van der Waals surface area contributed by atoms with Gasteiger partial charge in [-0.05, 0) is 38.7 Å². The van der Waals surface area contributed by atoms with E-state index in [-0.39, 0.29) is 11.6 Å². The summed E-state index contributed by atoms with van der Waals surface area (Å²) < 4.78 is 13.6. The Morgan fingerprint density at radius 3 is 3.10 bits per heavy atom. The van der Waals surface area contributed by atoms with E-state index in [9.17, 15) is 0 Å². The lowest BCUT2D eigenvalue weighted by Crippen LogP contribution is -2.45. The number of hydrogen-bond donors (Lipinski definition) is 2. The number of aryl methyl sites for hydroxylation is 2. The van der Waals surface area contributed by atoms with Crippen molar-refractivity contribution >= 4 is 0 Å². The summed E-state index contributed by atoms with van der Waals surface area (Å²) in [7, 11) is 0. The SMILES string of the molecule is CCn1nc(C)cc1C(NN)C1CCOC2(CCOC2)C1. The summed E-state index contributed by atoms with van der Waals surface area (Å²) in [4.78, 5) is 0. The molecule has 3 atom stereocenters. The third kappa shape index (κ3) is 2.85. The molecule has 1 spiro atoms. The molecular formula is C15H26N4O2. The van der Waals surface area contributed by atoms with Gasteiger partial charge in [0.15, 0.2) is 0 Å². The molecule has 21 heavy (non-hydrogen) atoms. The van der Waals surface area contributed by atoms with E-state index in [4.69, 9.17) is 15.3 Å². The van der Waals surface area contributed by atoms with Crippen molar-refractivity contribution in [3.05, 3.63) is 17.5 Å². The smallest absolute Gasteiger partial charge is 0.0940 e. The molecule has 2 saturated heterocycles. The molecule has 2 fully saturated rings. The molecule has 0 aromatic carbocycles. The zero-order valence-corrected chi connectivity index (χ0v) is 13.0. The summed E-state index contributed by atoms with van der Waals surface area (Å²) in [5.41, 5.74) is 5.15. The van der Waals surface area contributed by atoms with Crippen molar-refractivity contribution < 1.29 is 9.47 Å². The molecule has 2 aliphatic rings. The van der Waals surface area contributed by atoms with Gasteiger partial charge >= 0.3 is 0 Å². The molecule has 3 heterocycles. The largest absolute Gasteiger partial charge is 0.378 e. The minimum Gasteiger partial charge on any atom is -0.378 e. The minimum absolute atomic E-state index is 0.0931. The van der Waals surface area contributed by atoms with E-state index in [1.807, 2.05) is 11.6 Å². The molecule has 0 radical (unpaired) electrons. The van der Waals surface area contributed by atoms with Crippen molar-refractivity contribution in [1.82, 2.24) is 15.2 Å². The van der Waals surface area contributed by atoms with Crippen LogP contribution in [-0.4, -0.2) is 35.2 Å². The highest BCUT2D eigenvalue weighted by atomic mass is 16.6. The van der Waals surface area contributed by atoms with Crippen molar-refractivity contribution in [3.63, 3.8) is 0 Å². The van der Waals surface area contributed by atoms with Crippen LogP contribution >= 0.6 is 0 Å². The molecule has 3 rings (SSSR count). The van der Waals surface area contributed by atoms with E-state index >= 15 is 0 Å². The van der Waals surface area contributed by atoms with E-state index in [1.165, 1.54) is 5.69 Å². The van der Waals surface area contributed by atoms with E-state index in [0.29, 0.717) is 12.5 Å². The first kappa shape index (κ1) is 15.0. The number of aromatic nitrogens is 2. The van der Waals surface area contributed by atoms with Crippen LogP contribution < -0.4 is 11.3 Å². The Morgan fingerprint density at radius 2 is 2.43 bits per heavy atom. The van der Waals surface area contributed by atoms with Crippen LogP contribution in [0.25, 0.3) is 0 Å². The molecule has 6 heteroatoms. The zero-order valence-electron chi connectivity index (χ0n) is 13.0. The maximum Gasteiger partial charge on any atom is 0.0940 e. The fourth-order valence-corrected chi connectivity index (χ4v) is 3.75. The first-order chi connectivity index (χ1) is 10.2. The van der Waals surface area contributed by atoms with Gasteiger partial charge < -0.3 is 9.47 Å². The lowest BCUT2D eigenvalue weighted by atomic mass is 9.80. The summed E-state index contributed by atoms with van der Waals surface area (Å²) in [6, 6.07) is 2.26. The van der Waals surface area contributed by atoms with Crippen molar-refractivity contribution in [2.24, 2.45) is 11.8 Å². The topological polar surface area (TPSA) is 74.3 Å². The predicted octanol–water partition coefficient (Wildman–Crippen LogP) is 1.30. The van der Waals surface area contributed by atoms with Crippen molar-refractivity contribution in [3.8, 4) is 0 Å². The number of nitrogens with two attached hydrogens (primary N) is 1. The molecular weight excluding hydrogens is 268 g/mol. The Bertz CT molecular complexity index is 482. The molecule has 3 unspecified atom stereocenters. The number of rotatable bonds is 4. The summed E-state index contributed by atoms with van der Waals surface area (Å²) in [6.45, 7) is 7.30. The average Bonchev–Trinajstić information content (AvgIpc) is 3.07. The minimum atomic E-state index is -0.0931. The lowest BCUT2D eigenvalue weighted by molar-refractivity contribution is -0.103. The fourth-order valence-electron chi connectivity index (χ4n) is 3.75. The van der Waals surface area contributed by atoms with Crippen molar-refractivity contribution in [2.45, 2.75) is 51.3 Å². The van der Waals surface area contributed by atoms with Crippen LogP contribution in [0.15, 0.2) is 6.07 Å². The molecule has 6 nitrogen and oxygen atoms in total. The van der Waals surface area contributed by atoms with E-state index in [2.05, 4.69) is 23.5 Å². The van der Waals surface area contributed by atoms with Gasteiger partial charge in [0.1, 0.15) is 0 Å². The quantitative estimate of drug-likeness (QED) is 0.647. The second-order valence-electron chi connectivity index (χ2n) is 6.26. The van der Waals surface area contributed by atoms with E-state index in [0.717, 1.165) is 44.7 Å². The maximum absolute atomic E-state index is 6.03. The molecule has 118 valence electrons. The van der Waals surface area contributed by atoms with Crippen molar-refractivity contribution in [1.29, 1.82) is 0 Å². The highest BCUT2D eigenvalue weighted by molar-refractivity contribution is 5.15. The van der Waals surface area contributed by atoms with Gasteiger partial charge in [-0.1, -0.05) is 0 Å². The summed E-state index contributed by atoms with van der Waals surface area (Å²) in [5, 5.41) is 4.55. The molecule has 0 bridgehead atoms. The molecule has 0 aliphatic carbocycles. The number of ether oxygens (including phenoxy) is 2. The molecule has 0 saturated carbocycles. The monoisotopic (exact) mass is 294 g/mol. The number of nitrogens with one attached hydrogen (secondary N) is 1. The van der Waals surface area contributed by atoms with Gasteiger partial charge in [0.25, 0.3) is 0 Å². The molecule has 0 amide bonds. The van der Waals surface area contributed by atoms with Crippen LogP contribution in [0, 0.1) is 12.8 Å². The van der Waals surface area contributed by atoms with E-state index in [1.54, 1.807) is 0 Å². The Labute approximate surface area is 125 Å². The Morgan fingerprint density at radius 1 is 1.57 bits per heavy atom. The second-order valence-corrected chi connectivity index (χ2v) is 6.26. The van der Waals surface area contributed by atoms with E-state index < -0.39 is 0 Å². The molecule has 1 aromatic heterocycles. The van der Waals surface area contributed by atoms with Crippen LogP contribution in [-0.2, 0) is 16.0 Å². The van der Waals surface area contributed by atoms with Gasteiger partial charge in [0.2, 0.25) is 0 Å². The molecule has 1 aromatic rings. The number of nitrogens with zero attached hydrogens (tertiary/aromatic N) is 2.